The Hall–Kier alpha value is -2.09. The average molecular weight is 251 g/mol. The van der Waals surface area contributed by atoms with Gasteiger partial charge in [-0.3, -0.25) is 0 Å². The molecule has 0 fully saturated rings. The van der Waals surface area contributed by atoms with E-state index in [0.717, 1.165) is 0 Å². The highest BCUT2D eigenvalue weighted by atomic mass is 15.1. The number of aryl methyl sites for hydroxylation is 4. The lowest BCUT2D eigenvalue weighted by Gasteiger charge is -2.04. The first-order chi connectivity index (χ1) is 9.09. The monoisotopic (exact) mass is 251 g/mol. The van der Waals surface area contributed by atoms with Crippen molar-refractivity contribution in [2.24, 2.45) is 14.1 Å². The van der Waals surface area contributed by atoms with Crippen LogP contribution in [0.5, 0.6) is 0 Å². The highest BCUT2D eigenvalue weighted by Gasteiger charge is 2.22. The summed E-state index contributed by atoms with van der Waals surface area (Å²) < 4.78 is 4.55. The summed E-state index contributed by atoms with van der Waals surface area (Å²) in [6, 6.07) is 15.2. The first kappa shape index (κ1) is 12.0. The lowest BCUT2D eigenvalue weighted by molar-refractivity contribution is -0.634. The predicted octanol–water partition coefficient (Wildman–Crippen LogP) is 3.29. The fourth-order valence-corrected chi connectivity index (χ4v) is 2.82. The minimum absolute atomic E-state index is 1.25. The first-order valence-corrected chi connectivity index (χ1v) is 6.60. The Kier molecular flexibility index (Phi) is 2.67. The second kappa shape index (κ2) is 4.23. The molecule has 2 heteroatoms. The Bertz CT molecular complexity index is 727. The van der Waals surface area contributed by atoms with Crippen LogP contribution in [0.15, 0.2) is 42.5 Å². The lowest BCUT2D eigenvalue weighted by Crippen LogP contribution is -2.30. The molecule has 0 saturated carbocycles. The molecule has 0 spiro atoms. The molecule has 0 N–H and O–H groups in total. The molecule has 0 atom stereocenters. The maximum atomic E-state index is 2.27. The fraction of sp³-hybridized carbons (Fsp3) is 0.235. The van der Waals surface area contributed by atoms with Crippen LogP contribution in [0.2, 0.25) is 0 Å². The predicted molar refractivity (Wildman–Crippen MR) is 79.0 cm³/mol. The first-order valence-electron chi connectivity index (χ1n) is 6.60. The third-order valence-corrected chi connectivity index (χ3v) is 3.87. The molecule has 2 aromatic carbocycles. The largest absolute Gasteiger partial charge is 0.289 e. The molecule has 0 aliphatic heterocycles. The van der Waals surface area contributed by atoms with E-state index in [1.807, 2.05) is 0 Å². The summed E-state index contributed by atoms with van der Waals surface area (Å²) in [5.41, 5.74) is 6.45. The number of rotatable bonds is 1. The van der Waals surface area contributed by atoms with Crippen molar-refractivity contribution in [3.05, 3.63) is 53.6 Å². The van der Waals surface area contributed by atoms with Crippen LogP contribution in [0.25, 0.3) is 22.4 Å². The molecule has 0 saturated heterocycles. The minimum Gasteiger partial charge on any atom is -0.226 e. The molecule has 0 bridgehead atoms. The van der Waals surface area contributed by atoms with Crippen LogP contribution in [0.3, 0.4) is 0 Å². The third kappa shape index (κ3) is 1.75. The van der Waals surface area contributed by atoms with Crippen molar-refractivity contribution >= 4 is 11.0 Å². The van der Waals surface area contributed by atoms with Gasteiger partial charge in [0.15, 0.2) is 11.0 Å². The van der Waals surface area contributed by atoms with Crippen molar-refractivity contribution in [3.8, 4) is 11.4 Å². The van der Waals surface area contributed by atoms with E-state index in [2.05, 4.69) is 79.5 Å². The number of aromatic nitrogens is 2. The summed E-state index contributed by atoms with van der Waals surface area (Å²) in [5.74, 6) is 1.25. The number of para-hydroxylation sites is 2. The van der Waals surface area contributed by atoms with Gasteiger partial charge in [0.25, 0.3) is 5.82 Å². The van der Waals surface area contributed by atoms with E-state index in [1.54, 1.807) is 0 Å². The molecule has 0 amide bonds. The summed E-state index contributed by atoms with van der Waals surface area (Å²) >= 11 is 0. The van der Waals surface area contributed by atoms with Crippen LogP contribution in [-0.2, 0) is 14.1 Å². The SMILES string of the molecule is Cc1ccc(C)c(-c2n(C)c3ccccc3[n+]2C)c1. The average Bonchev–Trinajstić information content (AvgIpc) is 2.66. The Balaban J connectivity index is 2.40. The standard InChI is InChI=1S/C17H19N2/c1-12-9-10-13(2)14(11-12)17-18(3)15-7-5-6-8-16(15)19(17)4/h5-11H,1-4H3/q+1. The van der Waals surface area contributed by atoms with Gasteiger partial charge in [-0.2, -0.15) is 0 Å². The molecular weight excluding hydrogens is 232 g/mol. The molecule has 19 heavy (non-hydrogen) atoms. The van der Waals surface area contributed by atoms with Crippen LogP contribution in [0.1, 0.15) is 11.1 Å². The molecule has 0 aliphatic rings. The van der Waals surface area contributed by atoms with E-state index in [-0.39, 0.29) is 0 Å². The zero-order valence-corrected chi connectivity index (χ0v) is 11.9. The smallest absolute Gasteiger partial charge is 0.226 e. The van der Waals surface area contributed by atoms with Gasteiger partial charge >= 0.3 is 0 Å². The van der Waals surface area contributed by atoms with E-state index in [1.165, 1.54) is 33.5 Å². The van der Waals surface area contributed by atoms with Gasteiger partial charge in [0.05, 0.1) is 19.7 Å². The van der Waals surface area contributed by atoms with Gasteiger partial charge in [-0.05, 0) is 37.6 Å². The van der Waals surface area contributed by atoms with E-state index >= 15 is 0 Å². The molecule has 1 aromatic heterocycles. The molecule has 96 valence electrons. The molecule has 1 heterocycles. The molecule has 3 aromatic rings. The second-order valence-corrected chi connectivity index (χ2v) is 5.25. The molecule has 2 nitrogen and oxygen atoms in total. The Morgan fingerprint density at radius 3 is 2.47 bits per heavy atom. The normalized spacial score (nSPS) is 11.2. The molecular formula is C17H19N2+. The van der Waals surface area contributed by atoms with Crippen LogP contribution in [-0.4, -0.2) is 4.57 Å². The maximum absolute atomic E-state index is 2.27. The Labute approximate surface area is 113 Å². The van der Waals surface area contributed by atoms with E-state index < -0.39 is 0 Å². The number of fused-ring (bicyclic) bond motifs is 1. The maximum Gasteiger partial charge on any atom is 0.289 e. The van der Waals surface area contributed by atoms with Crippen molar-refractivity contribution in [1.82, 2.24) is 4.57 Å². The molecule has 0 radical (unpaired) electrons. The van der Waals surface area contributed by atoms with Crippen molar-refractivity contribution in [2.45, 2.75) is 13.8 Å². The summed E-state index contributed by atoms with van der Waals surface area (Å²) in [4.78, 5) is 0. The second-order valence-electron chi connectivity index (χ2n) is 5.25. The van der Waals surface area contributed by atoms with Gasteiger partial charge in [-0.1, -0.05) is 29.8 Å². The Morgan fingerprint density at radius 2 is 1.74 bits per heavy atom. The number of nitrogens with zero attached hydrogens (tertiary/aromatic N) is 2. The van der Waals surface area contributed by atoms with Gasteiger partial charge in [-0.25, -0.2) is 9.13 Å². The summed E-state index contributed by atoms with van der Waals surface area (Å²) in [5, 5.41) is 0. The van der Waals surface area contributed by atoms with E-state index in [9.17, 15) is 0 Å². The topological polar surface area (TPSA) is 8.81 Å². The molecule has 3 rings (SSSR count). The zero-order chi connectivity index (χ0) is 13.6. The molecule has 0 unspecified atom stereocenters. The van der Waals surface area contributed by atoms with Gasteiger partial charge in [0.2, 0.25) is 0 Å². The number of imidazole rings is 1. The number of hydrogen-bond acceptors (Lipinski definition) is 0. The zero-order valence-electron chi connectivity index (χ0n) is 11.9. The third-order valence-electron chi connectivity index (χ3n) is 3.87. The van der Waals surface area contributed by atoms with Crippen LogP contribution in [0.4, 0.5) is 0 Å². The van der Waals surface area contributed by atoms with Gasteiger partial charge < -0.3 is 0 Å². The van der Waals surface area contributed by atoms with Gasteiger partial charge in [0.1, 0.15) is 0 Å². The van der Waals surface area contributed by atoms with Crippen molar-refractivity contribution in [1.29, 1.82) is 0 Å². The summed E-state index contributed by atoms with van der Waals surface area (Å²) in [6.45, 7) is 4.32. The van der Waals surface area contributed by atoms with Gasteiger partial charge in [0, 0.05) is 0 Å². The van der Waals surface area contributed by atoms with Crippen LogP contribution in [0, 0.1) is 13.8 Å². The fourth-order valence-electron chi connectivity index (χ4n) is 2.82. The van der Waals surface area contributed by atoms with E-state index in [0.29, 0.717) is 0 Å². The van der Waals surface area contributed by atoms with Gasteiger partial charge in [-0.15, -0.1) is 0 Å². The number of benzene rings is 2. The summed E-state index contributed by atoms with van der Waals surface area (Å²) in [6.07, 6.45) is 0. The summed E-state index contributed by atoms with van der Waals surface area (Å²) in [7, 11) is 4.28. The van der Waals surface area contributed by atoms with Crippen LogP contribution < -0.4 is 4.57 Å². The highest BCUT2D eigenvalue weighted by Crippen LogP contribution is 2.25. The highest BCUT2D eigenvalue weighted by molar-refractivity contribution is 5.76. The van der Waals surface area contributed by atoms with Crippen molar-refractivity contribution < 1.29 is 4.57 Å². The quantitative estimate of drug-likeness (QED) is 0.587. The van der Waals surface area contributed by atoms with E-state index in [4.69, 9.17) is 0 Å². The molecule has 0 aliphatic carbocycles. The van der Waals surface area contributed by atoms with Crippen molar-refractivity contribution in [2.75, 3.05) is 0 Å². The minimum atomic E-state index is 1.25. The number of hydrogen-bond donors (Lipinski definition) is 0. The lowest BCUT2D eigenvalue weighted by atomic mass is 10.1. The van der Waals surface area contributed by atoms with Crippen LogP contribution >= 0.6 is 0 Å². The Morgan fingerprint density at radius 1 is 1.00 bits per heavy atom. The van der Waals surface area contributed by atoms with Crippen molar-refractivity contribution in [3.63, 3.8) is 0 Å².